The van der Waals surface area contributed by atoms with Crippen LogP contribution < -0.4 is 5.73 Å². The normalized spacial score (nSPS) is 17.2. The monoisotopic (exact) mass is 444 g/mol. The molecule has 1 aliphatic carbocycles. The Morgan fingerprint density at radius 1 is 1.28 bits per heavy atom. The van der Waals surface area contributed by atoms with Gasteiger partial charge >= 0.3 is 6.18 Å². The van der Waals surface area contributed by atoms with Crippen LogP contribution in [0.4, 0.5) is 19.0 Å². The maximum Gasteiger partial charge on any atom is 0.416 e. The zero-order valence-corrected chi connectivity index (χ0v) is 18.7. The number of hydrogen-bond donors (Lipinski definition) is 1. The van der Waals surface area contributed by atoms with Crippen LogP contribution in [-0.4, -0.2) is 20.9 Å². The Labute approximate surface area is 187 Å². The second-order valence-corrected chi connectivity index (χ2v) is 8.12. The van der Waals surface area contributed by atoms with Gasteiger partial charge in [0.05, 0.1) is 11.3 Å². The summed E-state index contributed by atoms with van der Waals surface area (Å²) in [6.07, 6.45) is 9.25. The minimum Gasteiger partial charge on any atom is -0.383 e. The summed E-state index contributed by atoms with van der Waals surface area (Å²) in [6.45, 7) is 4.33. The highest BCUT2D eigenvalue weighted by Gasteiger charge is 2.32. The smallest absolute Gasteiger partial charge is 0.383 e. The summed E-state index contributed by atoms with van der Waals surface area (Å²) in [6, 6.07) is 5.93. The molecule has 2 aromatic heterocycles. The molecule has 1 saturated carbocycles. The first kappa shape index (κ1) is 23.8. The predicted molar refractivity (Wildman–Crippen MR) is 123 cm³/mol. The molecule has 32 heavy (non-hydrogen) atoms. The second-order valence-electron chi connectivity index (χ2n) is 8.12. The van der Waals surface area contributed by atoms with E-state index < -0.39 is 11.7 Å². The fraction of sp³-hybridized carbons (Fsp3) is 0.440. The van der Waals surface area contributed by atoms with Gasteiger partial charge in [-0.15, -0.1) is 0 Å². The summed E-state index contributed by atoms with van der Waals surface area (Å²) in [5, 5.41) is 4.47. The molecule has 0 saturated heterocycles. The van der Waals surface area contributed by atoms with Crippen molar-refractivity contribution >= 4 is 11.4 Å². The summed E-state index contributed by atoms with van der Waals surface area (Å²) in [4.78, 5) is 4.02. The highest BCUT2D eigenvalue weighted by Crippen LogP contribution is 2.41. The fourth-order valence-corrected chi connectivity index (χ4v) is 3.76. The number of nitrogens with zero attached hydrogens (tertiary/aromatic N) is 3. The topological polar surface area (TPSA) is 56.7 Å². The van der Waals surface area contributed by atoms with E-state index >= 15 is 0 Å². The summed E-state index contributed by atoms with van der Waals surface area (Å²) in [5.41, 5.74) is 8.49. The highest BCUT2D eigenvalue weighted by molar-refractivity contribution is 5.74. The van der Waals surface area contributed by atoms with Gasteiger partial charge in [0.1, 0.15) is 5.82 Å². The summed E-state index contributed by atoms with van der Waals surface area (Å²) in [5.74, 6) is 1.43. The number of pyridine rings is 1. The van der Waals surface area contributed by atoms with Crippen molar-refractivity contribution in [3.05, 3.63) is 71.2 Å². The molecule has 2 aromatic rings. The molecule has 172 valence electrons. The molecule has 0 aromatic carbocycles. The molecule has 1 fully saturated rings. The van der Waals surface area contributed by atoms with Crippen molar-refractivity contribution in [3.63, 3.8) is 0 Å². The Hall–Kier alpha value is -2.83. The van der Waals surface area contributed by atoms with E-state index in [4.69, 9.17) is 5.73 Å². The lowest BCUT2D eigenvalue weighted by atomic mass is 10.0. The quantitative estimate of drug-likeness (QED) is 0.527. The molecule has 2 aliphatic rings. The second kappa shape index (κ2) is 10.7. The Morgan fingerprint density at radius 3 is 2.66 bits per heavy atom. The number of aryl methyl sites for hydroxylation is 2. The molecule has 2 N–H and O–H groups in total. The van der Waals surface area contributed by atoms with Crippen LogP contribution in [0.3, 0.4) is 0 Å². The van der Waals surface area contributed by atoms with E-state index in [2.05, 4.69) is 16.1 Å². The fourth-order valence-electron chi connectivity index (χ4n) is 3.76. The average Bonchev–Trinajstić information content (AvgIpc) is 3.50. The molecule has 0 amide bonds. The lowest BCUT2D eigenvalue weighted by molar-refractivity contribution is -0.0883. The van der Waals surface area contributed by atoms with E-state index in [1.54, 1.807) is 32.2 Å². The van der Waals surface area contributed by atoms with Gasteiger partial charge in [0, 0.05) is 24.0 Å². The lowest BCUT2D eigenvalue weighted by Crippen LogP contribution is -2.11. The maximum atomic E-state index is 13.1. The first-order valence-corrected chi connectivity index (χ1v) is 11.2. The number of anilines is 1. The number of halogens is 3. The van der Waals surface area contributed by atoms with Crippen LogP contribution in [0.25, 0.3) is 5.57 Å². The molecule has 7 heteroatoms. The number of aromatic nitrogens is 3. The maximum absolute atomic E-state index is 13.1. The van der Waals surface area contributed by atoms with Gasteiger partial charge < -0.3 is 5.73 Å². The zero-order valence-electron chi connectivity index (χ0n) is 18.7. The molecule has 0 unspecified atom stereocenters. The molecule has 0 atom stereocenters. The van der Waals surface area contributed by atoms with E-state index in [1.807, 2.05) is 16.8 Å². The van der Waals surface area contributed by atoms with E-state index in [9.17, 15) is 13.2 Å². The van der Waals surface area contributed by atoms with Crippen LogP contribution in [0, 0.1) is 0 Å². The summed E-state index contributed by atoms with van der Waals surface area (Å²) >= 11 is 0. The van der Waals surface area contributed by atoms with Crippen molar-refractivity contribution in [2.45, 2.75) is 71.0 Å². The number of alkyl halides is 3. The van der Waals surface area contributed by atoms with Gasteiger partial charge in [0.25, 0.3) is 0 Å². The number of fused-ring (bicyclic) bond motifs is 1. The van der Waals surface area contributed by atoms with E-state index in [0.29, 0.717) is 29.4 Å². The Balaban J connectivity index is 0.000000238. The van der Waals surface area contributed by atoms with Gasteiger partial charge in [-0.2, -0.15) is 18.3 Å². The van der Waals surface area contributed by atoms with Crippen molar-refractivity contribution in [1.29, 1.82) is 0 Å². The van der Waals surface area contributed by atoms with Gasteiger partial charge in [-0.3, -0.25) is 4.68 Å². The SMILES string of the molecule is C\C=C/C(=C\C(=C\CC)C(F)(F)F)c1cc2n(n1)CCCC2.Nc1ncccc1C1CC1. The molecule has 0 spiro atoms. The van der Waals surface area contributed by atoms with Crippen LogP contribution in [0.15, 0.2) is 54.3 Å². The number of nitrogen functional groups attached to an aromatic ring is 1. The minimum absolute atomic E-state index is 0.341. The molecule has 0 radical (unpaired) electrons. The Morgan fingerprint density at radius 2 is 2.06 bits per heavy atom. The van der Waals surface area contributed by atoms with Crippen molar-refractivity contribution in [2.24, 2.45) is 0 Å². The largest absolute Gasteiger partial charge is 0.416 e. The molecule has 0 bridgehead atoms. The van der Waals surface area contributed by atoms with Crippen LogP contribution in [0.2, 0.25) is 0 Å². The molecule has 4 nitrogen and oxygen atoms in total. The van der Waals surface area contributed by atoms with E-state index in [-0.39, 0.29) is 0 Å². The molecular formula is C25H31F3N4. The van der Waals surface area contributed by atoms with Crippen LogP contribution in [-0.2, 0) is 13.0 Å². The van der Waals surface area contributed by atoms with Crippen molar-refractivity contribution < 1.29 is 13.2 Å². The third-order valence-corrected chi connectivity index (χ3v) is 5.51. The van der Waals surface area contributed by atoms with Crippen LogP contribution in [0.5, 0.6) is 0 Å². The average molecular weight is 445 g/mol. The lowest BCUT2D eigenvalue weighted by Gasteiger charge is -2.11. The number of hydrogen-bond acceptors (Lipinski definition) is 3. The van der Waals surface area contributed by atoms with Gasteiger partial charge in [0.15, 0.2) is 0 Å². The van der Waals surface area contributed by atoms with Gasteiger partial charge in [0.2, 0.25) is 0 Å². The first-order valence-electron chi connectivity index (χ1n) is 11.2. The number of nitrogens with two attached hydrogens (primary N) is 1. The van der Waals surface area contributed by atoms with Gasteiger partial charge in [-0.25, -0.2) is 4.98 Å². The van der Waals surface area contributed by atoms with Crippen molar-refractivity contribution in [1.82, 2.24) is 14.8 Å². The van der Waals surface area contributed by atoms with Crippen molar-refractivity contribution in [2.75, 3.05) is 5.73 Å². The third-order valence-electron chi connectivity index (χ3n) is 5.51. The van der Waals surface area contributed by atoms with Crippen LogP contribution in [0.1, 0.15) is 68.8 Å². The summed E-state index contributed by atoms with van der Waals surface area (Å²) < 4.78 is 41.2. The Bertz CT molecular complexity index is 971. The van der Waals surface area contributed by atoms with E-state index in [0.717, 1.165) is 31.5 Å². The van der Waals surface area contributed by atoms with Crippen molar-refractivity contribution in [3.8, 4) is 0 Å². The summed E-state index contributed by atoms with van der Waals surface area (Å²) in [7, 11) is 0. The molecule has 1 aliphatic heterocycles. The zero-order chi connectivity index (χ0) is 23.1. The Kier molecular flexibility index (Phi) is 7.94. The highest BCUT2D eigenvalue weighted by atomic mass is 19.4. The van der Waals surface area contributed by atoms with E-state index in [1.165, 1.54) is 30.6 Å². The molecule has 3 heterocycles. The molecular weight excluding hydrogens is 413 g/mol. The molecule has 4 rings (SSSR count). The number of rotatable bonds is 5. The van der Waals surface area contributed by atoms with Crippen LogP contribution >= 0.6 is 0 Å². The van der Waals surface area contributed by atoms with Gasteiger partial charge in [-0.05, 0) is 75.1 Å². The predicted octanol–water partition coefficient (Wildman–Crippen LogP) is 6.62. The minimum atomic E-state index is -4.35. The number of allylic oxidation sites excluding steroid dienone is 6. The third kappa shape index (κ3) is 6.34. The first-order chi connectivity index (χ1) is 15.3. The van der Waals surface area contributed by atoms with Gasteiger partial charge in [-0.1, -0.05) is 31.2 Å². The standard InChI is InChI=1S/C17H21F3N2.C8H10N2/c1-3-7-13(11-14(8-4-2)17(18,19)20)16-12-15-9-5-6-10-22(15)21-16;9-8-7(6-3-4-6)2-1-5-10-8/h3,7-8,11-12H,4-6,9-10H2,1-2H3;1-2,5-6H,3-4H2,(H2,9,10)/b7-3-,13-11+,14-8-;.